The van der Waals surface area contributed by atoms with Gasteiger partial charge in [0.15, 0.2) is 0 Å². The van der Waals surface area contributed by atoms with Gasteiger partial charge in [0.05, 0.1) is 7.11 Å². The molecule has 0 radical (unpaired) electrons. The molecule has 0 aliphatic carbocycles. The van der Waals surface area contributed by atoms with Crippen molar-refractivity contribution in [1.29, 1.82) is 0 Å². The number of nitrogens with one attached hydrogen (secondary N) is 1. The maximum atomic E-state index is 5.13. The number of benzene rings is 1. The smallest absolute Gasteiger partial charge is 0.118 e. The zero-order valence-electron chi connectivity index (χ0n) is 10.6. The minimum Gasteiger partial charge on any atom is -1.00 e. The molecule has 2 nitrogen and oxygen atoms in total. The summed E-state index contributed by atoms with van der Waals surface area (Å²) in [5.41, 5.74) is 2.65. The fourth-order valence-electron chi connectivity index (χ4n) is 1.65. The second-order valence-corrected chi connectivity index (χ2v) is 4.98. The number of ether oxygens (including phenoxy) is 1. The van der Waals surface area contributed by atoms with Crippen LogP contribution in [0.25, 0.3) is 0 Å². The standard InChI is InChI=1S/C14H17NOS.ClH/c1-11-7-8-17-14(11)10-15-9-12-3-5-13(16-2)6-4-12;/h3-8,15H,9-10H2,1-2H3;1H/p-1. The fraction of sp³-hybridized carbons (Fsp3) is 0.286. The van der Waals surface area contributed by atoms with Gasteiger partial charge in [0.1, 0.15) is 5.75 Å². The van der Waals surface area contributed by atoms with E-state index in [-0.39, 0.29) is 12.4 Å². The van der Waals surface area contributed by atoms with Gasteiger partial charge in [0.25, 0.3) is 0 Å². The van der Waals surface area contributed by atoms with Gasteiger partial charge < -0.3 is 22.5 Å². The quantitative estimate of drug-likeness (QED) is 0.855. The number of aryl methyl sites for hydroxylation is 1. The van der Waals surface area contributed by atoms with E-state index < -0.39 is 0 Å². The fourth-order valence-corrected chi connectivity index (χ4v) is 2.52. The number of rotatable bonds is 5. The molecule has 0 spiro atoms. The number of hydrogen-bond donors (Lipinski definition) is 1. The van der Waals surface area contributed by atoms with E-state index in [9.17, 15) is 0 Å². The van der Waals surface area contributed by atoms with Crippen LogP contribution in [0.5, 0.6) is 5.75 Å². The maximum absolute atomic E-state index is 5.13. The van der Waals surface area contributed by atoms with Crippen LogP contribution >= 0.6 is 11.3 Å². The summed E-state index contributed by atoms with van der Waals surface area (Å²) in [6.45, 7) is 3.98. The third kappa shape index (κ3) is 4.02. The lowest BCUT2D eigenvalue weighted by molar-refractivity contribution is -0.00000380. The van der Waals surface area contributed by atoms with E-state index in [2.05, 4.69) is 35.8 Å². The van der Waals surface area contributed by atoms with E-state index in [1.807, 2.05) is 23.5 Å². The molecular weight excluding hydrogens is 266 g/mol. The Hall–Kier alpha value is -1.03. The van der Waals surface area contributed by atoms with Crippen LogP contribution in [0.1, 0.15) is 16.0 Å². The van der Waals surface area contributed by atoms with Crippen LogP contribution in [0.15, 0.2) is 35.7 Å². The lowest BCUT2D eigenvalue weighted by Gasteiger charge is -2.05. The zero-order chi connectivity index (χ0) is 12.1. The van der Waals surface area contributed by atoms with Gasteiger partial charge in [-0.3, -0.25) is 0 Å². The predicted octanol–water partition coefficient (Wildman–Crippen LogP) is 0.359. The van der Waals surface area contributed by atoms with Gasteiger partial charge in [-0.15, -0.1) is 11.3 Å². The summed E-state index contributed by atoms with van der Waals surface area (Å²) in [5, 5.41) is 5.59. The van der Waals surface area contributed by atoms with Crippen molar-refractivity contribution in [3.8, 4) is 5.75 Å². The van der Waals surface area contributed by atoms with Crippen LogP contribution in [0.2, 0.25) is 0 Å². The summed E-state index contributed by atoms with van der Waals surface area (Å²) in [4.78, 5) is 1.42. The highest BCUT2D eigenvalue weighted by molar-refractivity contribution is 7.10. The molecule has 2 rings (SSSR count). The van der Waals surface area contributed by atoms with Crippen molar-refractivity contribution in [2.24, 2.45) is 0 Å². The first kappa shape index (κ1) is 15.0. The minimum atomic E-state index is 0. The molecule has 0 fully saturated rings. The van der Waals surface area contributed by atoms with E-state index >= 15 is 0 Å². The maximum Gasteiger partial charge on any atom is 0.118 e. The molecule has 18 heavy (non-hydrogen) atoms. The normalized spacial score (nSPS) is 9.89. The van der Waals surface area contributed by atoms with Crippen molar-refractivity contribution >= 4 is 11.3 Å². The van der Waals surface area contributed by atoms with Crippen molar-refractivity contribution in [2.45, 2.75) is 20.0 Å². The molecule has 4 heteroatoms. The Morgan fingerprint density at radius 3 is 2.39 bits per heavy atom. The molecule has 98 valence electrons. The Bertz CT molecular complexity index is 467. The molecule has 1 N–H and O–H groups in total. The van der Waals surface area contributed by atoms with Gasteiger partial charge in [-0.1, -0.05) is 12.1 Å². The number of halogens is 1. The highest BCUT2D eigenvalue weighted by Crippen LogP contribution is 2.15. The average molecular weight is 283 g/mol. The highest BCUT2D eigenvalue weighted by Gasteiger charge is 1.99. The number of methoxy groups -OCH3 is 1. The monoisotopic (exact) mass is 282 g/mol. The first-order chi connectivity index (χ1) is 8.29. The average Bonchev–Trinajstić information content (AvgIpc) is 2.76. The molecule has 0 amide bonds. The van der Waals surface area contributed by atoms with Gasteiger partial charge in [0.2, 0.25) is 0 Å². The van der Waals surface area contributed by atoms with Crippen molar-refractivity contribution < 1.29 is 17.1 Å². The molecule has 1 aromatic carbocycles. The molecule has 0 bridgehead atoms. The minimum absolute atomic E-state index is 0. The van der Waals surface area contributed by atoms with Crippen LogP contribution in [-0.2, 0) is 13.1 Å². The predicted molar refractivity (Wildman–Crippen MR) is 72.6 cm³/mol. The first-order valence-corrected chi connectivity index (χ1v) is 6.54. The zero-order valence-corrected chi connectivity index (χ0v) is 12.1. The number of hydrogen-bond acceptors (Lipinski definition) is 3. The largest absolute Gasteiger partial charge is 1.00 e. The van der Waals surface area contributed by atoms with E-state index in [0.29, 0.717) is 0 Å². The topological polar surface area (TPSA) is 21.3 Å². The van der Waals surface area contributed by atoms with E-state index in [1.54, 1.807) is 7.11 Å². The van der Waals surface area contributed by atoms with Gasteiger partial charge in [-0.25, -0.2) is 0 Å². The van der Waals surface area contributed by atoms with E-state index in [0.717, 1.165) is 18.8 Å². The van der Waals surface area contributed by atoms with Crippen LogP contribution in [-0.4, -0.2) is 7.11 Å². The third-order valence-electron chi connectivity index (χ3n) is 2.74. The van der Waals surface area contributed by atoms with Gasteiger partial charge in [-0.05, 0) is 41.6 Å². The summed E-state index contributed by atoms with van der Waals surface area (Å²) < 4.78 is 5.13. The molecule has 1 aromatic heterocycles. The van der Waals surface area contributed by atoms with Crippen molar-refractivity contribution in [3.05, 3.63) is 51.7 Å². The number of thiophene rings is 1. The summed E-state index contributed by atoms with van der Waals surface area (Å²) in [6, 6.07) is 10.3. The molecule has 0 atom stereocenters. The van der Waals surface area contributed by atoms with Gasteiger partial charge in [-0.2, -0.15) is 0 Å². The van der Waals surface area contributed by atoms with Gasteiger partial charge in [0, 0.05) is 18.0 Å². The molecule has 0 aliphatic rings. The third-order valence-corrected chi connectivity index (χ3v) is 3.76. The Labute approximate surface area is 118 Å². The lowest BCUT2D eigenvalue weighted by atomic mass is 10.2. The van der Waals surface area contributed by atoms with Crippen LogP contribution in [0.4, 0.5) is 0 Å². The summed E-state index contributed by atoms with van der Waals surface area (Å²) >= 11 is 1.81. The summed E-state index contributed by atoms with van der Waals surface area (Å²) in [7, 11) is 1.69. The van der Waals surface area contributed by atoms with Crippen LogP contribution in [0.3, 0.4) is 0 Å². The van der Waals surface area contributed by atoms with Gasteiger partial charge >= 0.3 is 0 Å². The van der Waals surface area contributed by atoms with Crippen molar-refractivity contribution in [2.75, 3.05) is 7.11 Å². The van der Waals surface area contributed by atoms with Crippen LogP contribution < -0.4 is 22.5 Å². The van der Waals surface area contributed by atoms with Crippen molar-refractivity contribution in [3.63, 3.8) is 0 Å². The molecule has 0 saturated carbocycles. The van der Waals surface area contributed by atoms with Crippen molar-refractivity contribution in [1.82, 2.24) is 5.32 Å². The van der Waals surface area contributed by atoms with E-state index in [4.69, 9.17) is 4.74 Å². The Morgan fingerprint density at radius 2 is 1.83 bits per heavy atom. The second-order valence-electron chi connectivity index (χ2n) is 3.98. The molecule has 1 heterocycles. The Balaban J connectivity index is 0.00000162. The molecule has 0 unspecified atom stereocenters. The summed E-state index contributed by atoms with van der Waals surface area (Å²) in [6.07, 6.45) is 0. The second kappa shape index (κ2) is 7.41. The molecule has 2 aromatic rings. The molecule has 0 aliphatic heterocycles. The Kier molecular flexibility index (Phi) is 6.19. The lowest BCUT2D eigenvalue weighted by Crippen LogP contribution is -3.00. The van der Waals surface area contributed by atoms with Crippen LogP contribution in [0, 0.1) is 6.92 Å². The first-order valence-electron chi connectivity index (χ1n) is 5.66. The SMILES string of the molecule is COc1ccc(CNCc2sccc2C)cc1.[Cl-]. The van der Waals surface area contributed by atoms with E-state index in [1.165, 1.54) is 16.0 Å². The summed E-state index contributed by atoms with van der Waals surface area (Å²) in [5.74, 6) is 0.905. The highest BCUT2D eigenvalue weighted by atomic mass is 35.5. The molecular formula is C14H17ClNOS-. The Morgan fingerprint density at radius 1 is 1.11 bits per heavy atom. The molecule has 0 saturated heterocycles.